The second-order valence-corrected chi connectivity index (χ2v) is 7.62. The van der Waals surface area contributed by atoms with Crippen LogP contribution in [-0.2, 0) is 6.42 Å². The lowest BCUT2D eigenvalue weighted by Gasteiger charge is -2.13. The summed E-state index contributed by atoms with van der Waals surface area (Å²) in [6.07, 6.45) is 2.70. The molecule has 0 aliphatic rings. The zero-order valence-corrected chi connectivity index (χ0v) is 17.6. The van der Waals surface area contributed by atoms with Gasteiger partial charge in [-0.25, -0.2) is 0 Å². The van der Waals surface area contributed by atoms with Gasteiger partial charge < -0.3 is 10.8 Å². The van der Waals surface area contributed by atoms with Crippen molar-refractivity contribution in [2.75, 3.05) is 5.73 Å². The summed E-state index contributed by atoms with van der Waals surface area (Å²) in [5.41, 5.74) is 16.6. The van der Waals surface area contributed by atoms with Crippen LogP contribution in [0.1, 0.15) is 45.9 Å². The van der Waals surface area contributed by atoms with Crippen LogP contribution in [0, 0.1) is 20.8 Å². The van der Waals surface area contributed by atoms with Gasteiger partial charge in [-0.2, -0.15) is 0 Å². The molecule has 0 saturated carbocycles. The maximum Gasteiger partial charge on any atom is 0.115 e. The Labute approximate surface area is 173 Å². The van der Waals surface area contributed by atoms with Gasteiger partial charge >= 0.3 is 0 Å². The third-order valence-electron chi connectivity index (χ3n) is 5.24. The number of benzene rings is 3. The van der Waals surface area contributed by atoms with E-state index < -0.39 is 0 Å². The molecule has 0 aromatic heterocycles. The van der Waals surface area contributed by atoms with Crippen molar-refractivity contribution in [3.05, 3.63) is 94.1 Å². The first-order valence-electron chi connectivity index (χ1n) is 9.74. The van der Waals surface area contributed by atoms with Crippen molar-refractivity contribution in [2.45, 2.75) is 34.1 Å². The van der Waals surface area contributed by atoms with Crippen molar-refractivity contribution in [3.63, 3.8) is 0 Å². The minimum absolute atomic E-state index is 0.252. The van der Waals surface area contributed by atoms with Gasteiger partial charge in [-0.05, 0) is 97.8 Å². The minimum atomic E-state index is 0.252. The molecule has 3 heteroatoms. The third-order valence-corrected chi connectivity index (χ3v) is 5.24. The van der Waals surface area contributed by atoms with E-state index in [-0.39, 0.29) is 5.75 Å². The number of anilines is 1. The number of nitrogen functional groups attached to an aromatic ring is 1. The highest BCUT2D eigenvalue weighted by Crippen LogP contribution is 2.30. The molecule has 0 atom stereocenters. The SMILES string of the molecule is C=Cc1cc(Cc2cc(C)c(N)c(C)c2)cc(C)c1/N=C(\C)c1ccc(O)cc1. The maximum atomic E-state index is 9.50. The molecule has 0 saturated heterocycles. The smallest absolute Gasteiger partial charge is 0.115 e. The number of rotatable bonds is 5. The van der Waals surface area contributed by atoms with Crippen LogP contribution < -0.4 is 5.73 Å². The highest BCUT2D eigenvalue weighted by molar-refractivity contribution is 6.01. The first kappa shape index (κ1) is 20.4. The van der Waals surface area contributed by atoms with Gasteiger partial charge in [-0.15, -0.1) is 0 Å². The lowest BCUT2D eigenvalue weighted by molar-refractivity contribution is 0.475. The number of phenolic OH excluding ortho intramolecular Hbond substituents is 1. The van der Waals surface area contributed by atoms with E-state index in [0.717, 1.165) is 51.3 Å². The highest BCUT2D eigenvalue weighted by atomic mass is 16.3. The Hall–Kier alpha value is -3.33. The molecule has 3 rings (SSSR count). The van der Waals surface area contributed by atoms with Crippen molar-refractivity contribution in [2.24, 2.45) is 4.99 Å². The van der Waals surface area contributed by atoms with Gasteiger partial charge in [0.15, 0.2) is 0 Å². The van der Waals surface area contributed by atoms with Crippen molar-refractivity contribution in [1.82, 2.24) is 0 Å². The zero-order valence-electron chi connectivity index (χ0n) is 17.6. The van der Waals surface area contributed by atoms with Gasteiger partial charge in [0.05, 0.1) is 5.69 Å². The molecular weight excluding hydrogens is 356 g/mol. The second-order valence-electron chi connectivity index (χ2n) is 7.62. The molecule has 3 aromatic rings. The molecule has 0 heterocycles. The number of nitrogens with two attached hydrogens (primary N) is 1. The fourth-order valence-electron chi connectivity index (χ4n) is 3.63. The van der Waals surface area contributed by atoms with E-state index in [1.165, 1.54) is 11.1 Å². The van der Waals surface area contributed by atoms with Crippen LogP contribution in [0.3, 0.4) is 0 Å². The Kier molecular flexibility index (Phi) is 5.88. The monoisotopic (exact) mass is 384 g/mol. The van der Waals surface area contributed by atoms with E-state index in [0.29, 0.717) is 0 Å². The van der Waals surface area contributed by atoms with Crippen LogP contribution in [0.5, 0.6) is 5.75 Å². The van der Waals surface area contributed by atoms with Gasteiger partial charge in [-0.1, -0.05) is 30.9 Å². The van der Waals surface area contributed by atoms with E-state index in [9.17, 15) is 5.11 Å². The summed E-state index contributed by atoms with van der Waals surface area (Å²) in [4.78, 5) is 4.86. The number of phenols is 1. The lowest BCUT2D eigenvalue weighted by atomic mass is 9.96. The second kappa shape index (κ2) is 8.36. The van der Waals surface area contributed by atoms with Crippen LogP contribution in [0.25, 0.3) is 6.08 Å². The first-order valence-corrected chi connectivity index (χ1v) is 9.74. The fourth-order valence-corrected chi connectivity index (χ4v) is 3.63. The van der Waals surface area contributed by atoms with Crippen LogP contribution in [0.2, 0.25) is 0 Å². The van der Waals surface area contributed by atoms with Crippen LogP contribution in [0.15, 0.2) is 60.1 Å². The predicted molar refractivity (Wildman–Crippen MR) is 124 cm³/mol. The average molecular weight is 385 g/mol. The molecule has 29 heavy (non-hydrogen) atoms. The van der Waals surface area contributed by atoms with E-state index in [2.05, 4.69) is 51.6 Å². The molecule has 3 N–H and O–H groups in total. The predicted octanol–water partition coefficient (Wildman–Crippen LogP) is 6.27. The number of nitrogens with zero attached hydrogens (tertiary/aromatic N) is 1. The van der Waals surface area contributed by atoms with Gasteiger partial charge in [0, 0.05) is 17.0 Å². The Morgan fingerprint density at radius 2 is 1.52 bits per heavy atom. The summed E-state index contributed by atoms with van der Waals surface area (Å²) in [6, 6.07) is 15.8. The quantitative estimate of drug-likeness (QED) is 0.402. The van der Waals surface area contributed by atoms with E-state index in [4.69, 9.17) is 10.7 Å². The van der Waals surface area contributed by atoms with Gasteiger partial charge in [0.2, 0.25) is 0 Å². The zero-order chi connectivity index (χ0) is 21.1. The van der Waals surface area contributed by atoms with Crippen LogP contribution in [0.4, 0.5) is 11.4 Å². The van der Waals surface area contributed by atoms with Gasteiger partial charge in [-0.3, -0.25) is 4.99 Å². The average Bonchev–Trinajstić information content (AvgIpc) is 2.68. The lowest BCUT2D eigenvalue weighted by Crippen LogP contribution is -1.98. The molecule has 0 amide bonds. The molecule has 0 aliphatic heterocycles. The van der Waals surface area contributed by atoms with Crippen molar-refractivity contribution < 1.29 is 5.11 Å². The third kappa shape index (κ3) is 4.57. The molecule has 0 aliphatic carbocycles. The van der Waals surface area contributed by atoms with E-state index >= 15 is 0 Å². The highest BCUT2D eigenvalue weighted by Gasteiger charge is 2.09. The molecule has 0 spiro atoms. The molecule has 0 bridgehead atoms. The first-order chi connectivity index (χ1) is 13.8. The van der Waals surface area contributed by atoms with Crippen molar-refractivity contribution in [1.29, 1.82) is 0 Å². The molecule has 0 fully saturated rings. The summed E-state index contributed by atoms with van der Waals surface area (Å²) in [5.74, 6) is 0.252. The molecule has 3 nitrogen and oxygen atoms in total. The Balaban J connectivity index is 1.96. The van der Waals surface area contributed by atoms with E-state index in [1.54, 1.807) is 12.1 Å². The maximum absolute atomic E-state index is 9.50. The summed E-state index contributed by atoms with van der Waals surface area (Å²) in [7, 11) is 0. The number of aryl methyl sites for hydroxylation is 3. The van der Waals surface area contributed by atoms with Gasteiger partial charge in [0.1, 0.15) is 5.75 Å². The van der Waals surface area contributed by atoms with E-state index in [1.807, 2.05) is 25.1 Å². The molecule has 148 valence electrons. The topological polar surface area (TPSA) is 58.6 Å². The summed E-state index contributed by atoms with van der Waals surface area (Å²) < 4.78 is 0. The number of hydrogen-bond donors (Lipinski definition) is 2. The number of hydrogen-bond acceptors (Lipinski definition) is 3. The van der Waals surface area contributed by atoms with Crippen LogP contribution >= 0.6 is 0 Å². The fraction of sp³-hybridized carbons (Fsp3) is 0.192. The molecule has 3 aromatic carbocycles. The molecule has 0 unspecified atom stereocenters. The van der Waals surface area contributed by atoms with Crippen LogP contribution in [-0.4, -0.2) is 10.8 Å². The summed E-state index contributed by atoms with van der Waals surface area (Å²) >= 11 is 0. The Bertz CT molecular complexity index is 1070. The normalized spacial score (nSPS) is 11.5. The number of aliphatic imine (C=N–C) groups is 1. The number of aromatic hydroxyl groups is 1. The van der Waals surface area contributed by atoms with Crippen molar-refractivity contribution >= 4 is 23.2 Å². The summed E-state index contributed by atoms with van der Waals surface area (Å²) in [6.45, 7) is 12.2. The molecular formula is C26H28N2O. The minimum Gasteiger partial charge on any atom is -0.508 e. The van der Waals surface area contributed by atoms with Gasteiger partial charge in [0.25, 0.3) is 0 Å². The summed E-state index contributed by atoms with van der Waals surface area (Å²) in [5, 5.41) is 9.50. The standard InChI is InChI=1S/C26H28N2O/c1-6-22-15-21(14-20-11-16(2)25(27)17(3)12-20)13-18(4)26(22)28-19(5)23-7-9-24(29)10-8-23/h6-13,15,29H,1,14,27H2,2-5H3/b28-19+. The Morgan fingerprint density at radius 3 is 2.10 bits per heavy atom. The molecule has 0 radical (unpaired) electrons. The largest absolute Gasteiger partial charge is 0.508 e. The Morgan fingerprint density at radius 1 is 0.966 bits per heavy atom. The van der Waals surface area contributed by atoms with Crippen molar-refractivity contribution in [3.8, 4) is 5.75 Å².